The van der Waals surface area contributed by atoms with Gasteiger partial charge in [-0.15, -0.1) is 0 Å². The normalized spacial score (nSPS) is 33.1. The average molecular weight is 338 g/mol. The molecular formula is C16H20BrNO2. The summed E-state index contributed by atoms with van der Waals surface area (Å²) in [6, 6.07) is 9.01. The smallest absolute Gasteiger partial charge is 0.326 e. The first-order valence-corrected chi connectivity index (χ1v) is 7.93. The molecule has 0 saturated carbocycles. The van der Waals surface area contributed by atoms with Crippen molar-refractivity contribution < 1.29 is 9.53 Å². The van der Waals surface area contributed by atoms with Gasteiger partial charge in [-0.2, -0.15) is 0 Å². The number of carbonyl (C=O) groups excluding carboxylic acids is 1. The Balaban J connectivity index is 1.90. The lowest BCUT2D eigenvalue weighted by Crippen LogP contribution is -2.55. The Kier molecular flexibility index (Phi) is 3.63. The van der Waals surface area contributed by atoms with Crippen LogP contribution in [0.25, 0.3) is 0 Å². The third-order valence-corrected chi connectivity index (χ3v) is 5.69. The zero-order valence-electron chi connectivity index (χ0n) is 11.9. The summed E-state index contributed by atoms with van der Waals surface area (Å²) in [5.74, 6) is 0.384. The molecule has 2 aliphatic heterocycles. The van der Waals surface area contributed by atoms with Gasteiger partial charge in [-0.25, -0.2) is 0 Å². The molecule has 0 aliphatic carbocycles. The molecule has 4 heteroatoms. The summed E-state index contributed by atoms with van der Waals surface area (Å²) in [5.41, 5.74) is 0.927. The topological polar surface area (TPSA) is 29.5 Å². The van der Waals surface area contributed by atoms with Crippen molar-refractivity contribution in [2.45, 2.75) is 43.2 Å². The molecule has 0 N–H and O–H groups in total. The van der Waals surface area contributed by atoms with Crippen molar-refractivity contribution >= 4 is 21.9 Å². The monoisotopic (exact) mass is 337 g/mol. The van der Waals surface area contributed by atoms with Gasteiger partial charge in [0.05, 0.1) is 7.11 Å². The largest absolute Gasteiger partial charge is 0.468 e. The summed E-state index contributed by atoms with van der Waals surface area (Å²) in [6.45, 7) is 0. The van der Waals surface area contributed by atoms with Crippen LogP contribution in [0, 0.1) is 0 Å². The summed E-state index contributed by atoms with van der Waals surface area (Å²) in [6.07, 6.45) is 4.03. The molecule has 2 saturated heterocycles. The predicted molar refractivity (Wildman–Crippen MR) is 81.6 cm³/mol. The number of hydrogen-bond acceptors (Lipinski definition) is 3. The second kappa shape index (κ2) is 5.15. The van der Waals surface area contributed by atoms with E-state index in [0.29, 0.717) is 12.0 Å². The fourth-order valence-electron chi connectivity index (χ4n) is 3.97. The molecule has 0 spiro atoms. The first-order valence-electron chi connectivity index (χ1n) is 7.13. The summed E-state index contributed by atoms with van der Waals surface area (Å²) in [5, 5.41) is 0. The van der Waals surface area contributed by atoms with Gasteiger partial charge in [0.25, 0.3) is 0 Å². The van der Waals surface area contributed by atoms with Crippen LogP contribution in [0.15, 0.2) is 28.7 Å². The Bertz CT molecular complexity index is 516. The number of piperidine rings is 1. The van der Waals surface area contributed by atoms with Crippen molar-refractivity contribution in [3.63, 3.8) is 0 Å². The molecule has 3 unspecified atom stereocenters. The number of fused-ring (bicyclic) bond motifs is 2. The van der Waals surface area contributed by atoms with Crippen LogP contribution in [0.5, 0.6) is 0 Å². The average Bonchev–Trinajstić information content (AvgIpc) is 2.66. The Labute approximate surface area is 128 Å². The number of benzene rings is 1. The van der Waals surface area contributed by atoms with E-state index >= 15 is 0 Å². The fraction of sp³-hybridized carbons (Fsp3) is 0.562. The highest BCUT2D eigenvalue weighted by Gasteiger charge is 2.55. The van der Waals surface area contributed by atoms with E-state index in [2.05, 4.69) is 52.1 Å². The van der Waals surface area contributed by atoms with Crippen molar-refractivity contribution in [2.75, 3.05) is 14.2 Å². The van der Waals surface area contributed by atoms with E-state index in [0.717, 1.165) is 30.2 Å². The highest BCUT2D eigenvalue weighted by molar-refractivity contribution is 9.10. The van der Waals surface area contributed by atoms with Gasteiger partial charge < -0.3 is 4.74 Å². The standard InChI is InChI=1S/C16H20BrNO2/c1-18-14-7-8-16(18,15(19)20-2)10-12(9-14)11-3-5-13(17)6-4-11/h3-6,12,14H,7-10H2,1-2H3. The molecule has 108 valence electrons. The van der Waals surface area contributed by atoms with Crippen LogP contribution in [0.2, 0.25) is 0 Å². The number of halogens is 1. The zero-order valence-corrected chi connectivity index (χ0v) is 13.5. The highest BCUT2D eigenvalue weighted by Crippen LogP contribution is 2.49. The lowest BCUT2D eigenvalue weighted by molar-refractivity contribution is -0.156. The molecule has 1 aromatic rings. The van der Waals surface area contributed by atoms with E-state index in [-0.39, 0.29) is 5.97 Å². The molecule has 3 atom stereocenters. The molecule has 3 rings (SSSR count). The first-order chi connectivity index (χ1) is 9.56. The van der Waals surface area contributed by atoms with Gasteiger partial charge in [-0.1, -0.05) is 28.1 Å². The molecule has 1 aromatic carbocycles. The second-order valence-corrected chi connectivity index (χ2v) is 6.93. The maximum absolute atomic E-state index is 12.3. The maximum atomic E-state index is 12.3. The molecule has 2 aliphatic rings. The van der Waals surface area contributed by atoms with Crippen LogP contribution in [0.1, 0.15) is 37.2 Å². The maximum Gasteiger partial charge on any atom is 0.326 e. The molecule has 2 bridgehead atoms. The predicted octanol–water partition coefficient (Wildman–Crippen LogP) is 3.33. The molecule has 0 aromatic heterocycles. The quantitative estimate of drug-likeness (QED) is 0.775. The van der Waals surface area contributed by atoms with Crippen LogP contribution < -0.4 is 0 Å². The number of likely N-dealkylation sites (N-methyl/N-ethyl adjacent to an activating group) is 1. The van der Waals surface area contributed by atoms with Crippen LogP contribution >= 0.6 is 15.9 Å². The van der Waals surface area contributed by atoms with E-state index in [9.17, 15) is 4.79 Å². The van der Waals surface area contributed by atoms with Crippen molar-refractivity contribution in [1.82, 2.24) is 4.90 Å². The van der Waals surface area contributed by atoms with E-state index in [1.165, 1.54) is 12.7 Å². The molecule has 2 heterocycles. The molecule has 0 radical (unpaired) electrons. The van der Waals surface area contributed by atoms with Gasteiger partial charge >= 0.3 is 5.97 Å². The van der Waals surface area contributed by atoms with Crippen molar-refractivity contribution in [1.29, 1.82) is 0 Å². The summed E-state index contributed by atoms with van der Waals surface area (Å²) >= 11 is 3.48. The van der Waals surface area contributed by atoms with Crippen molar-refractivity contribution in [3.05, 3.63) is 34.3 Å². The highest BCUT2D eigenvalue weighted by atomic mass is 79.9. The first kappa shape index (κ1) is 14.1. The Morgan fingerprint density at radius 3 is 2.75 bits per heavy atom. The molecule has 0 amide bonds. The number of nitrogens with zero attached hydrogens (tertiary/aromatic N) is 1. The van der Waals surface area contributed by atoms with Gasteiger partial charge in [0.15, 0.2) is 0 Å². The van der Waals surface area contributed by atoms with Gasteiger partial charge in [0, 0.05) is 10.5 Å². The van der Waals surface area contributed by atoms with Crippen LogP contribution in [0.3, 0.4) is 0 Å². The summed E-state index contributed by atoms with van der Waals surface area (Å²) < 4.78 is 6.19. The zero-order chi connectivity index (χ0) is 14.3. The number of rotatable bonds is 2. The summed E-state index contributed by atoms with van der Waals surface area (Å²) in [4.78, 5) is 14.6. The van der Waals surface area contributed by atoms with Gasteiger partial charge in [0.2, 0.25) is 0 Å². The van der Waals surface area contributed by atoms with Crippen LogP contribution in [-0.4, -0.2) is 36.6 Å². The minimum atomic E-state index is -0.407. The lowest BCUT2D eigenvalue weighted by Gasteiger charge is -2.43. The number of methoxy groups -OCH3 is 1. The van der Waals surface area contributed by atoms with E-state index in [1.54, 1.807) is 0 Å². The minimum Gasteiger partial charge on any atom is -0.468 e. The molecule has 20 heavy (non-hydrogen) atoms. The van der Waals surface area contributed by atoms with Gasteiger partial charge in [-0.3, -0.25) is 9.69 Å². The van der Waals surface area contributed by atoms with Gasteiger partial charge in [0.1, 0.15) is 5.54 Å². The number of carbonyl (C=O) groups is 1. The molecular weight excluding hydrogens is 318 g/mol. The number of ether oxygens (including phenoxy) is 1. The van der Waals surface area contributed by atoms with E-state index < -0.39 is 5.54 Å². The van der Waals surface area contributed by atoms with Crippen LogP contribution in [0.4, 0.5) is 0 Å². The van der Waals surface area contributed by atoms with Crippen molar-refractivity contribution in [3.8, 4) is 0 Å². The van der Waals surface area contributed by atoms with Crippen LogP contribution in [-0.2, 0) is 9.53 Å². The van der Waals surface area contributed by atoms with Crippen molar-refractivity contribution in [2.24, 2.45) is 0 Å². The lowest BCUT2D eigenvalue weighted by atomic mass is 9.78. The SMILES string of the molecule is COC(=O)C12CCC(CC(c3ccc(Br)cc3)C1)N2C. The Hall–Kier alpha value is -0.870. The summed E-state index contributed by atoms with van der Waals surface area (Å²) in [7, 11) is 3.58. The van der Waals surface area contributed by atoms with E-state index in [4.69, 9.17) is 4.74 Å². The Morgan fingerprint density at radius 1 is 1.40 bits per heavy atom. The molecule has 2 fully saturated rings. The van der Waals surface area contributed by atoms with E-state index in [1.807, 2.05) is 0 Å². The fourth-order valence-corrected chi connectivity index (χ4v) is 4.24. The third kappa shape index (κ3) is 2.09. The molecule has 3 nitrogen and oxygen atoms in total. The third-order valence-electron chi connectivity index (χ3n) is 5.16. The Morgan fingerprint density at radius 2 is 2.10 bits per heavy atom. The second-order valence-electron chi connectivity index (χ2n) is 6.01. The van der Waals surface area contributed by atoms with Gasteiger partial charge in [-0.05, 0) is 56.3 Å². The number of esters is 1. The minimum absolute atomic E-state index is 0.0655. The number of hydrogen-bond donors (Lipinski definition) is 0.